The largest absolute Gasteiger partial charge is 0.508 e. The molecular weight excluding hydrogens is 574 g/mol. The van der Waals surface area contributed by atoms with Crippen LogP contribution in [0, 0.1) is 29.1 Å². The van der Waals surface area contributed by atoms with Gasteiger partial charge in [0.15, 0.2) is 23.3 Å². The molecule has 42 heavy (non-hydrogen) atoms. The maximum Gasteiger partial charge on any atom is 0.200 e. The Balaban J connectivity index is 1.86. The molecule has 0 radical (unpaired) electrons. The fourth-order valence-electron chi connectivity index (χ4n) is 4.79. The zero-order valence-corrected chi connectivity index (χ0v) is 23.0. The molecule has 1 atom stereocenters. The van der Waals surface area contributed by atoms with E-state index in [2.05, 4.69) is 0 Å². The lowest BCUT2D eigenvalue weighted by molar-refractivity contribution is 0.380. The SMILES string of the molecule is COc1cccc(OC)c1-c1ccccc1P(c1ccccc1)c1cc(O)cc(-c2c(F)c(F)c(F)c(F)c2F)c1O. The maximum absolute atomic E-state index is 14.9. The molecule has 0 amide bonds. The van der Waals surface area contributed by atoms with E-state index in [-0.39, 0.29) is 5.30 Å². The van der Waals surface area contributed by atoms with Gasteiger partial charge in [-0.15, -0.1) is 0 Å². The normalized spacial score (nSPS) is 11.8. The molecule has 214 valence electrons. The molecule has 0 aliphatic rings. The van der Waals surface area contributed by atoms with Crippen molar-refractivity contribution >= 4 is 23.8 Å². The van der Waals surface area contributed by atoms with E-state index in [0.717, 1.165) is 6.07 Å². The lowest BCUT2D eigenvalue weighted by atomic mass is 10.0. The highest BCUT2D eigenvalue weighted by molar-refractivity contribution is 7.80. The third-order valence-electron chi connectivity index (χ3n) is 6.65. The summed E-state index contributed by atoms with van der Waals surface area (Å²) in [6.45, 7) is 0. The molecule has 5 rings (SSSR count). The van der Waals surface area contributed by atoms with Crippen molar-refractivity contribution in [3.63, 3.8) is 0 Å². The van der Waals surface area contributed by atoms with Gasteiger partial charge in [0.1, 0.15) is 23.0 Å². The van der Waals surface area contributed by atoms with Crippen molar-refractivity contribution in [3.8, 4) is 45.3 Å². The molecule has 5 aromatic rings. The van der Waals surface area contributed by atoms with Gasteiger partial charge in [-0.2, -0.15) is 0 Å². The van der Waals surface area contributed by atoms with Crippen LogP contribution in [0.5, 0.6) is 23.0 Å². The minimum Gasteiger partial charge on any atom is -0.508 e. The van der Waals surface area contributed by atoms with E-state index in [1.165, 1.54) is 20.3 Å². The van der Waals surface area contributed by atoms with E-state index in [4.69, 9.17) is 9.47 Å². The van der Waals surface area contributed by atoms with Gasteiger partial charge < -0.3 is 19.7 Å². The predicted octanol–water partition coefficient (Wildman–Crippen LogP) is 6.90. The van der Waals surface area contributed by atoms with E-state index >= 15 is 0 Å². The van der Waals surface area contributed by atoms with Crippen LogP contribution in [0.15, 0.2) is 84.9 Å². The molecule has 0 bridgehead atoms. The number of benzene rings is 5. The predicted molar refractivity (Wildman–Crippen MR) is 152 cm³/mol. The molecule has 0 aromatic heterocycles. The lowest BCUT2D eigenvalue weighted by Gasteiger charge is -2.25. The molecule has 0 spiro atoms. The monoisotopic (exact) mass is 596 g/mol. The van der Waals surface area contributed by atoms with Crippen molar-refractivity contribution in [2.45, 2.75) is 0 Å². The average molecular weight is 596 g/mol. The van der Waals surface area contributed by atoms with E-state index < -0.39 is 59.6 Å². The average Bonchev–Trinajstić information content (AvgIpc) is 3.01. The number of methoxy groups -OCH3 is 2. The molecule has 10 heteroatoms. The summed E-state index contributed by atoms with van der Waals surface area (Å²) >= 11 is 0. The van der Waals surface area contributed by atoms with Crippen LogP contribution < -0.4 is 25.4 Å². The van der Waals surface area contributed by atoms with E-state index in [1.807, 2.05) is 0 Å². The molecule has 0 saturated heterocycles. The number of phenols is 2. The zero-order chi connectivity index (χ0) is 30.1. The van der Waals surface area contributed by atoms with Crippen LogP contribution in [0.25, 0.3) is 22.3 Å². The van der Waals surface area contributed by atoms with Gasteiger partial charge in [-0.05, 0) is 48.4 Å². The summed E-state index contributed by atoms with van der Waals surface area (Å²) < 4.78 is 83.2. The molecule has 0 fully saturated rings. The lowest BCUT2D eigenvalue weighted by Crippen LogP contribution is -2.23. The van der Waals surface area contributed by atoms with Gasteiger partial charge in [-0.3, -0.25) is 0 Å². The topological polar surface area (TPSA) is 58.9 Å². The Labute approximate surface area is 239 Å². The van der Waals surface area contributed by atoms with E-state index in [0.29, 0.717) is 33.2 Å². The number of hydrogen-bond donors (Lipinski definition) is 2. The molecule has 4 nitrogen and oxygen atoms in total. The minimum atomic E-state index is -2.33. The van der Waals surface area contributed by atoms with Crippen molar-refractivity contribution in [1.29, 1.82) is 0 Å². The third kappa shape index (κ3) is 4.90. The first-order valence-corrected chi connectivity index (χ1v) is 13.8. The third-order valence-corrected chi connectivity index (χ3v) is 9.16. The standard InChI is InChI=1S/C32H22F5O4P/c1-40-21-12-8-13-22(41-2)25(21)19-11-6-7-14-23(19)42(18-9-4-3-5-10-18)24-16-17(38)15-20(32(24)39)26-27(33)29(35)31(37)30(36)28(26)34/h3-16,38-39H,1-2H3. The van der Waals surface area contributed by atoms with E-state index in [9.17, 15) is 32.2 Å². The van der Waals surface area contributed by atoms with Crippen LogP contribution in [0.3, 0.4) is 0 Å². The van der Waals surface area contributed by atoms with Crippen molar-refractivity contribution < 1.29 is 41.6 Å². The highest BCUT2D eigenvalue weighted by atomic mass is 31.1. The van der Waals surface area contributed by atoms with Crippen LogP contribution in [0.1, 0.15) is 0 Å². The van der Waals surface area contributed by atoms with Crippen LogP contribution in [-0.2, 0) is 0 Å². The highest BCUT2D eigenvalue weighted by Gasteiger charge is 2.32. The number of hydrogen-bond acceptors (Lipinski definition) is 4. The van der Waals surface area contributed by atoms with Crippen LogP contribution in [0.4, 0.5) is 22.0 Å². The highest BCUT2D eigenvalue weighted by Crippen LogP contribution is 2.47. The Kier molecular flexibility index (Phi) is 8.05. The number of halogens is 5. The first kappa shape index (κ1) is 28.9. The summed E-state index contributed by atoms with van der Waals surface area (Å²) in [5.74, 6) is -11.3. The first-order valence-electron chi connectivity index (χ1n) is 12.4. The Bertz CT molecular complexity index is 1750. The number of rotatable bonds is 7. The van der Waals surface area contributed by atoms with Crippen LogP contribution in [0.2, 0.25) is 0 Å². The Morgan fingerprint density at radius 2 is 1.10 bits per heavy atom. The molecule has 2 N–H and O–H groups in total. The molecule has 0 saturated carbocycles. The smallest absolute Gasteiger partial charge is 0.200 e. The van der Waals surface area contributed by atoms with Gasteiger partial charge in [0.2, 0.25) is 5.82 Å². The quantitative estimate of drug-likeness (QED) is 0.0706. The molecule has 1 unspecified atom stereocenters. The fourth-order valence-corrected chi connectivity index (χ4v) is 7.33. The van der Waals surface area contributed by atoms with Crippen molar-refractivity contribution in [2.24, 2.45) is 0 Å². The second-order valence-electron chi connectivity index (χ2n) is 9.03. The van der Waals surface area contributed by atoms with Gasteiger partial charge in [0, 0.05) is 10.9 Å². The first-order chi connectivity index (χ1) is 20.2. The summed E-state index contributed by atoms with van der Waals surface area (Å²) in [5, 5.41) is 23.5. The molecule has 0 aliphatic heterocycles. The summed E-state index contributed by atoms with van der Waals surface area (Å²) in [6, 6.07) is 23.1. The van der Waals surface area contributed by atoms with Crippen LogP contribution in [-0.4, -0.2) is 24.4 Å². The number of ether oxygens (including phenoxy) is 2. The van der Waals surface area contributed by atoms with Gasteiger partial charge in [-0.1, -0.05) is 60.7 Å². The van der Waals surface area contributed by atoms with Crippen molar-refractivity contribution in [1.82, 2.24) is 0 Å². The molecule has 0 heterocycles. The summed E-state index contributed by atoms with van der Waals surface area (Å²) in [7, 11) is 1.16. The van der Waals surface area contributed by atoms with Gasteiger partial charge in [-0.25, -0.2) is 22.0 Å². The molecule has 5 aromatic carbocycles. The van der Waals surface area contributed by atoms with Gasteiger partial charge in [0.25, 0.3) is 0 Å². The summed E-state index contributed by atoms with van der Waals surface area (Å²) in [6.07, 6.45) is 0. The summed E-state index contributed by atoms with van der Waals surface area (Å²) in [5.41, 5.74) is -0.902. The Hall–Kier alpha value is -4.62. The zero-order valence-electron chi connectivity index (χ0n) is 22.1. The van der Waals surface area contributed by atoms with E-state index in [1.54, 1.807) is 72.8 Å². The van der Waals surface area contributed by atoms with Gasteiger partial charge >= 0.3 is 0 Å². The fraction of sp³-hybridized carbons (Fsp3) is 0.0625. The maximum atomic E-state index is 14.9. The minimum absolute atomic E-state index is 0.0106. The molecule has 0 aliphatic carbocycles. The van der Waals surface area contributed by atoms with Crippen molar-refractivity contribution in [2.75, 3.05) is 14.2 Å². The Morgan fingerprint density at radius 1 is 0.548 bits per heavy atom. The number of aromatic hydroxyl groups is 2. The summed E-state index contributed by atoms with van der Waals surface area (Å²) in [4.78, 5) is 0. The Morgan fingerprint density at radius 3 is 1.69 bits per heavy atom. The second-order valence-corrected chi connectivity index (χ2v) is 11.2. The second kappa shape index (κ2) is 11.7. The number of phenolic OH excluding ortho intramolecular Hbond substituents is 2. The van der Waals surface area contributed by atoms with Crippen molar-refractivity contribution in [3.05, 3.63) is 114 Å². The van der Waals surface area contributed by atoms with Gasteiger partial charge in [0.05, 0.1) is 25.3 Å². The molecular formula is C32H22F5O4P. The van der Waals surface area contributed by atoms with Crippen LogP contribution >= 0.6 is 7.92 Å².